The van der Waals surface area contributed by atoms with Crippen LogP contribution in [-0.2, 0) is 6.54 Å². The van der Waals surface area contributed by atoms with E-state index in [9.17, 15) is 0 Å². The average Bonchev–Trinajstić information content (AvgIpc) is 2.26. The molecule has 0 aliphatic rings. The van der Waals surface area contributed by atoms with E-state index < -0.39 is 6.10 Å². The van der Waals surface area contributed by atoms with Crippen molar-refractivity contribution in [1.82, 2.24) is 5.32 Å². The maximum atomic E-state index is 8.62. The van der Waals surface area contributed by atoms with Gasteiger partial charge in [0.1, 0.15) is 11.8 Å². The SMILES string of the molecule is CCNCc1cccc(OC(C)C#N)c1. The first-order valence-electron chi connectivity index (χ1n) is 5.12. The molecule has 1 rings (SSSR count). The van der Waals surface area contributed by atoms with E-state index in [1.54, 1.807) is 6.92 Å². The van der Waals surface area contributed by atoms with E-state index in [2.05, 4.69) is 12.2 Å². The molecule has 1 atom stereocenters. The molecule has 0 heterocycles. The monoisotopic (exact) mass is 204 g/mol. The van der Waals surface area contributed by atoms with Crippen molar-refractivity contribution in [2.45, 2.75) is 26.5 Å². The van der Waals surface area contributed by atoms with Gasteiger partial charge in [0.15, 0.2) is 6.10 Å². The van der Waals surface area contributed by atoms with Gasteiger partial charge in [0, 0.05) is 6.54 Å². The first-order chi connectivity index (χ1) is 7.26. The summed E-state index contributed by atoms with van der Waals surface area (Å²) in [6.07, 6.45) is -0.403. The molecule has 1 unspecified atom stereocenters. The summed E-state index contributed by atoms with van der Waals surface area (Å²) in [6, 6.07) is 9.83. The van der Waals surface area contributed by atoms with Crippen molar-refractivity contribution in [2.75, 3.05) is 6.54 Å². The molecular weight excluding hydrogens is 188 g/mol. The molecule has 1 aromatic carbocycles. The molecule has 15 heavy (non-hydrogen) atoms. The Hall–Kier alpha value is -1.53. The van der Waals surface area contributed by atoms with Crippen molar-refractivity contribution < 1.29 is 4.74 Å². The van der Waals surface area contributed by atoms with E-state index in [0.29, 0.717) is 0 Å². The highest BCUT2D eigenvalue weighted by atomic mass is 16.5. The molecule has 3 heteroatoms. The van der Waals surface area contributed by atoms with Crippen LogP contribution in [0.25, 0.3) is 0 Å². The summed E-state index contributed by atoms with van der Waals surface area (Å²) in [5, 5.41) is 11.9. The van der Waals surface area contributed by atoms with E-state index in [0.717, 1.165) is 18.8 Å². The molecule has 80 valence electrons. The second kappa shape index (κ2) is 6.05. The third kappa shape index (κ3) is 4.01. The van der Waals surface area contributed by atoms with E-state index in [4.69, 9.17) is 10.00 Å². The average molecular weight is 204 g/mol. The fourth-order valence-corrected chi connectivity index (χ4v) is 1.23. The second-order valence-corrected chi connectivity index (χ2v) is 3.32. The zero-order valence-corrected chi connectivity index (χ0v) is 9.16. The van der Waals surface area contributed by atoms with E-state index in [1.807, 2.05) is 30.3 Å². The van der Waals surface area contributed by atoms with Crippen LogP contribution in [0.2, 0.25) is 0 Å². The maximum absolute atomic E-state index is 8.62. The Morgan fingerprint density at radius 2 is 2.33 bits per heavy atom. The van der Waals surface area contributed by atoms with Gasteiger partial charge in [-0.3, -0.25) is 0 Å². The topological polar surface area (TPSA) is 45.0 Å². The predicted octanol–water partition coefficient (Wildman–Crippen LogP) is 2.09. The Balaban J connectivity index is 2.62. The van der Waals surface area contributed by atoms with E-state index in [-0.39, 0.29) is 0 Å². The van der Waals surface area contributed by atoms with Crippen LogP contribution >= 0.6 is 0 Å². The number of hydrogen-bond donors (Lipinski definition) is 1. The molecule has 0 saturated carbocycles. The van der Waals surface area contributed by atoms with Crippen LogP contribution in [0.5, 0.6) is 5.75 Å². The van der Waals surface area contributed by atoms with E-state index >= 15 is 0 Å². The summed E-state index contributed by atoms with van der Waals surface area (Å²) in [5.74, 6) is 0.749. The number of hydrogen-bond acceptors (Lipinski definition) is 3. The Labute approximate surface area is 90.7 Å². The Morgan fingerprint density at radius 3 is 3.00 bits per heavy atom. The smallest absolute Gasteiger partial charge is 0.181 e. The lowest BCUT2D eigenvalue weighted by Gasteiger charge is -2.09. The third-order valence-electron chi connectivity index (χ3n) is 1.97. The lowest BCUT2D eigenvalue weighted by Crippen LogP contribution is -2.12. The lowest BCUT2D eigenvalue weighted by atomic mass is 10.2. The molecule has 1 N–H and O–H groups in total. The third-order valence-corrected chi connectivity index (χ3v) is 1.97. The molecule has 1 aromatic rings. The molecule has 0 bridgehead atoms. The van der Waals surface area contributed by atoms with Crippen molar-refractivity contribution in [2.24, 2.45) is 0 Å². The molecule has 3 nitrogen and oxygen atoms in total. The molecule has 0 aromatic heterocycles. The normalized spacial score (nSPS) is 11.8. The highest BCUT2D eigenvalue weighted by Gasteiger charge is 2.01. The van der Waals surface area contributed by atoms with Crippen molar-refractivity contribution in [1.29, 1.82) is 5.26 Å². The van der Waals surface area contributed by atoms with Crippen LogP contribution in [0.15, 0.2) is 24.3 Å². The molecule has 0 radical (unpaired) electrons. The number of ether oxygens (including phenoxy) is 1. The standard InChI is InChI=1S/C12H16N2O/c1-3-14-9-11-5-4-6-12(7-11)15-10(2)8-13/h4-7,10,14H,3,9H2,1-2H3. The minimum Gasteiger partial charge on any atom is -0.476 e. The van der Waals surface area contributed by atoms with Crippen LogP contribution in [-0.4, -0.2) is 12.6 Å². The summed E-state index contributed by atoms with van der Waals surface area (Å²) in [6.45, 7) is 5.57. The minimum atomic E-state index is -0.403. The van der Waals surface area contributed by atoms with Gasteiger partial charge in [-0.1, -0.05) is 19.1 Å². The molecule has 0 amide bonds. The number of rotatable bonds is 5. The number of nitrogens with one attached hydrogen (secondary N) is 1. The number of nitrogens with zero attached hydrogens (tertiary/aromatic N) is 1. The van der Waals surface area contributed by atoms with E-state index in [1.165, 1.54) is 5.56 Å². The summed E-state index contributed by atoms with van der Waals surface area (Å²) in [4.78, 5) is 0. The van der Waals surface area contributed by atoms with Crippen molar-refractivity contribution >= 4 is 0 Å². The molecule has 0 fully saturated rings. The quantitative estimate of drug-likeness (QED) is 0.798. The molecule has 0 aliphatic carbocycles. The van der Waals surface area contributed by atoms with Gasteiger partial charge < -0.3 is 10.1 Å². The Morgan fingerprint density at radius 1 is 1.53 bits per heavy atom. The van der Waals surface area contributed by atoms with Crippen molar-refractivity contribution in [3.05, 3.63) is 29.8 Å². The van der Waals surface area contributed by atoms with Crippen LogP contribution in [0.4, 0.5) is 0 Å². The number of nitriles is 1. The molecular formula is C12H16N2O. The summed E-state index contributed by atoms with van der Waals surface area (Å²) in [5.41, 5.74) is 1.17. The predicted molar refractivity (Wildman–Crippen MR) is 59.5 cm³/mol. The van der Waals surface area contributed by atoms with Gasteiger partial charge in [0.05, 0.1) is 0 Å². The lowest BCUT2D eigenvalue weighted by molar-refractivity contribution is 0.276. The molecule has 0 aliphatic heterocycles. The Kier molecular flexibility index (Phi) is 4.65. The highest BCUT2D eigenvalue weighted by Crippen LogP contribution is 2.14. The molecule has 0 spiro atoms. The van der Waals surface area contributed by atoms with Gasteiger partial charge in [0.2, 0.25) is 0 Å². The number of benzene rings is 1. The van der Waals surface area contributed by atoms with Crippen molar-refractivity contribution in [3.63, 3.8) is 0 Å². The summed E-state index contributed by atoms with van der Waals surface area (Å²) in [7, 11) is 0. The zero-order valence-electron chi connectivity index (χ0n) is 9.16. The second-order valence-electron chi connectivity index (χ2n) is 3.32. The summed E-state index contributed by atoms with van der Waals surface area (Å²) < 4.78 is 5.40. The van der Waals surface area contributed by atoms with Crippen LogP contribution in [0.1, 0.15) is 19.4 Å². The van der Waals surface area contributed by atoms with Crippen LogP contribution in [0.3, 0.4) is 0 Å². The van der Waals surface area contributed by atoms with Gasteiger partial charge >= 0.3 is 0 Å². The van der Waals surface area contributed by atoms with Crippen molar-refractivity contribution in [3.8, 4) is 11.8 Å². The fourth-order valence-electron chi connectivity index (χ4n) is 1.23. The van der Waals surface area contributed by atoms with Gasteiger partial charge in [0.25, 0.3) is 0 Å². The summed E-state index contributed by atoms with van der Waals surface area (Å²) >= 11 is 0. The minimum absolute atomic E-state index is 0.403. The van der Waals surface area contributed by atoms with Gasteiger partial charge in [-0.2, -0.15) is 5.26 Å². The molecule has 0 saturated heterocycles. The van der Waals surface area contributed by atoms with Crippen LogP contribution in [0, 0.1) is 11.3 Å². The first kappa shape index (κ1) is 11.5. The largest absolute Gasteiger partial charge is 0.476 e. The highest BCUT2D eigenvalue weighted by molar-refractivity contribution is 5.28. The Bertz CT molecular complexity index is 344. The first-order valence-corrected chi connectivity index (χ1v) is 5.12. The van der Waals surface area contributed by atoms with Gasteiger partial charge in [-0.05, 0) is 31.2 Å². The van der Waals surface area contributed by atoms with Crippen LogP contribution < -0.4 is 10.1 Å². The van der Waals surface area contributed by atoms with Gasteiger partial charge in [-0.15, -0.1) is 0 Å². The maximum Gasteiger partial charge on any atom is 0.181 e. The van der Waals surface area contributed by atoms with Gasteiger partial charge in [-0.25, -0.2) is 0 Å². The zero-order chi connectivity index (χ0) is 11.1. The fraction of sp³-hybridized carbons (Fsp3) is 0.417.